The Morgan fingerprint density at radius 3 is 3.08 bits per heavy atom. The Hall–Kier alpha value is -0.480. The van der Waals surface area contributed by atoms with Gasteiger partial charge in [-0.1, -0.05) is 0 Å². The Morgan fingerprint density at radius 2 is 2.50 bits per heavy atom. The quantitative estimate of drug-likeness (QED) is 0.729. The molecular weight excluding hydrogens is 175 g/mol. The van der Waals surface area contributed by atoms with E-state index in [2.05, 4.69) is 4.98 Å². The predicted molar refractivity (Wildman–Crippen MR) is 46.9 cm³/mol. The molecule has 2 nitrogen and oxygen atoms in total. The molecule has 66 valence electrons. The molecule has 0 saturated heterocycles. The predicted octanol–water partition coefficient (Wildman–Crippen LogP) is 2.12. The van der Waals surface area contributed by atoms with Gasteiger partial charge in [0.15, 0.2) is 0 Å². The van der Waals surface area contributed by atoms with E-state index in [4.69, 9.17) is 5.73 Å². The van der Waals surface area contributed by atoms with Crippen molar-refractivity contribution in [3.05, 3.63) is 15.6 Å². The molecule has 0 bridgehead atoms. The van der Waals surface area contributed by atoms with E-state index in [0.717, 1.165) is 22.0 Å². The number of rotatable bonds is 1. The van der Waals surface area contributed by atoms with E-state index in [0.29, 0.717) is 6.42 Å². The number of hydrogen-bond acceptors (Lipinski definition) is 3. The molecule has 0 amide bonds. The Labute approximate surface area is 74.6 Å². The highest BCUT2D eigenvalue weighted by atomic mass is 32.1. The number of aryl methyl sites for hydroxylation is 1. The van der Waals surface area contributed by atoms with Crippen molar-refractivity contribution in [3.8, 4) is 0 Å². The molecule has 0 saturated carbocycles. The van der Waals surface area contributed by atoms with Crippen LogP contribution in [0.5, 0.6) is 0 Å². The molecule has 1 aliphatic carbocycles. The molecule has 2 atom stereocenters. The second kappa shape index (κ2) is 2.78. The van der Waals surface area contributed by atoms with Crippen LogP contribution in [0.25, 0.3) is 0 Å². The normalized spacial score (nSPS) is 24.1. The molecule has 0 aromatic carbocycles. The summed E-state index contributed by atoms with van der Waals surface area (Å²) in [6.07, 6.45) is 0.595. The molecule has 0 fully saturated rings. The molecule has 2 unspecified atom stereocenters. The van der Waals surface area contributed by atoms with Gasteiger partial charge < -0.3 is 5.73 Å². The summed E-state index contributed by atoms with van der Waals surface area (Å²) in [6.45, 7) is 1.88. The maximum Gasteiger partial charge on any atom is 0.136 e. The first-order valence-electron chi connectivity index (χ1n) is 4.07. The summed E-state index contributed by atoms with van der Waals surface area (Å²) in [5.74, 6) is 0. The van der Waals surface area contributed by atoms with Crippen LogP contribution in [0, 0.1) is 0 Å². The minimum absolute atomic E-state index is 0.0622. The molecule has 0 spiro atoms. The molecule has 1 aromatic rings. The van der Waals surface area contributed by atoms with Crippen LogP contribution in [0.1, 0.15) is 41.1 Å². The van der Waals surface area contributed by atoms with E-state index < -0.39 is 6.17 Å². The summed E-state index contributed by atoms with van der Waals surface area (Å²) in [6, 6.07) is -0.0622. The lowest BCUT2D eigenvalue weighted by Crippen LogP contribution is -2.04. The van der Waals surface area contributed by atoms with Gasteiger partial charge in [0.25, 0.3) is 0 Å². The van der Waals surface area contributed by atoms with Gasteiger partial charge in [-0.3, -0.25) is 0 Å². The third-order valence-corrected chi connectivity index (χ3v) is 3.44. The van der Waals surface area contributed by atoms with Gasteiger partial charge in [-0.15, -0.1) is 11.3 Å². The van der Waals surface area contributed by atoms with Crippen molar-refractivity contribution in [3.63, 3.8) is 0 Å². The monoisotopic (exact) mass is 186 g/mol. The average molecular weight is 186 g/mol. The highest BCUT2D eigenvalue weighted by Crippen LogP contribution is 2.38. The third-order valence-electron chi connectivity index (χ3n) is 2.05. The average Bonchev–Trinajstić information content (AvgIpc) is 2.53. The van der Waals surface area contributed by atoms with Gasteiger partial charge in [0.1, 0.15) is 11.2 Å². The van der Waals surface area contributed by atoms with Crippen molar-refractivity contribution >= 4 is 11.3 Å². The lowest BCUT2D eigenvalue weighted by atomic mass is 10.3. The smallest absolute Gasteiger partial charge is 0.136 e. The van der Waals surface area contributed by atoms with Gasteiger partial charge in [0.2, 0.25) is 0 Å². The number of fused-ring (bicyclic) bond motifs is 1. The first-order chi connectivity index (χ1) is 5.68. The summed E-state index contributed by atoms with van der Waals surface area (Å²) >= 11 is 1.43. The molecule has 2 N–H and O–H groups in total. The van der Waals surface area contributed by atoms with Gasteiger partial charge in [-0.2, -0.15) is 0 Å². The van der Waals surface area contributed by atoms with E-state index in [9.17, 15) is 4.39 Å². The number of thiazole rings is 1. The zero-order valence-electron chi connectivity index (χ0n) is 6.88. The Balaban J connectivity index is 2.36. The number of aromatic nitrogens is 1. The van der Waals surface area contributed by atoms with Gasteiger partial charge in [0.05, 0.1) is 16.6 Å². The molecule has 1 aromatic heterocycles. The topological polar surface area (TPSA) is 38.9 Å². The Kier molecular flexibility index (Phi) is 1.88. The fourth-order valence-electron chi connectivity index (χ4n) is 1.40. The summed E-state index contributed by atoms with van der Waals surface area (Å²) < 4.78 is 13.1. The second-order valence-corrected chi connectivity index (χ2v) is 4.22. The lowest BCUT2D eigenvalue weighted by Gasteiger charge is -1.98. The van der Waals surface area contributed by atoms with Crippen LogP contribution < -0.4 is 5.73 Å². The summed E-state index contributed by atoms with van der Waals surface area (Å²) in [5.41, 5.74) is 6.58. The number of halogens is 1. The van der Waals surface area contributed by atoms with E-state index in [1.165, 1.54) is 11.3 Å². The second-order valence-electron chi connectivity index (χ2n) is 3.16. The minimum atomic E-state index is -0.787. The summed E-state index contributed by atoms with van der Waals surface area (Å²) in [5, 5.41) is 0.863. The van der Waals surface area contributed by atoms with Crippen LogP contribution in [-0.2, 0) is 6.42 Å². The molecule has 12 heavy (non-hydrogen) atoms. The molecule has 1 aliphatic rings. The van der Waals surface area contributed by atoms with Crippen LogP contribution in [0.2, 0.25) is 0 Å². The number of nitrogens with zero attached hydrogens (tertiary/aromatic N) is 1. The Morgan fingerprint density at radius 1 is 1.75 bits per heavy atom. The van der Waals surface area contributed by atoms with Crippen LogP contribution in [-0.4, -0.2) is 4.98 Å². The van der Waals surface area contributed by atoms with Crippen LogP contribution in [0.15, 0.2) is 0 Å². The first kappa shape index (κ1) is 8.13. The molecule has 4 heteroatoms. The lowest BCUT2D eigenvalue weighted by molar-refractivity contribution is 0.348. The van der Waals surface area contributed by atoms with Gasteiger partial charge in [-0.05, 0) is 19.8 Å². The number of alkyl halides is 1. The molecule has 0 aliphatic heterocycles. The van der Waals surface area contributed by atoms with Crippen LogP contribution in [0.3, 0.4) is 0 Å². The zero-order valence-corrected chi connectivity index (χ0v) is 7.70. The minimum Gasteiger partial charge on any atom is -0.322 e. The fourth-order valence-corrected chi connectivity index (χ4v) is 2.47. The SMILES string of the molecule is CC(N)c1nc2c(s1)C(F)CC2. The molecule has 2 rings (SSSR count). The highest BCUT2D eigenvalue weighted by Gasteiger charge is 2.27. The molecule has 0 radical (unpaired) electrons. The maximum atomic E-state index is 13.1. The van der Waals surface area contributed by atoms with Crippen molar-refractivity contribution < 1.29 is 4.39 Å². The van der Waals surface area contributed by atoms with Crippen molar-refractivity contribution in [1.82, 2.24) is 4.98 Å². The van der Waals surface area contributed by atoms with Gasteiger partial charge in [0, 0.05) is 0 Å². The maximum absolute atomic E-state index is 13.1. The van der Waals surface area contributed by atoms with Crippen molar-refractivity contribution in [2.45, 2.75) is 32.0 Å². The molecule has 1 heterocycles. The van der Waals surface area contributed by atoms with E-state index in [1.54, 1.807) is 0 Å². The number of nitrogens with two attached hydrogens (primary N) is 1. The standard InChI is InChI=1S/C8H11FN2S/c1-4(10)8-11-6-3-2-5(9)7(6)12-8/h4-5H,2-3,10H2,1H3. The van der Waals surface area contributed by atoms with E-state index >= 15 is 0 Å². The van der Waals surface area contributed by atoms with Crippen molar-refractivity contribution in [2.24, 2.45) is 5.73 Å². The van der Waals surface area contributed by atoms with Crippen LogP contribution in [0.4, 0.5) is 4.39 Å². The highest BCUT2D eigenvalue weighted by molar-refractivity contribution is 7.12. The number of hydrogen-bond donors (Lipinski definition) is 1. The summed E-state index contributed by atoms with van der Waals surface area (Å²) in [7, 11) is 0. The Bertz CT molecular complexity index is 295. The van der Waals surface area contributed by atoms with E-state index in [-0.39, 0.29) is 6.04 Å². The van der Waals surface area contributed by atoms with Crippen molar-refractivity contribution in [1.29, 1.82) is 0 Å². The zero-order chi connectivity index (χ0) is 8.72. The molecular formula is C8H11FN2S. The van der Waals surface area contributed by atoms with Crippen LogP contribution >= 0.6 is 11.3 Å². The van der Waals surface area contributed by atoms with E-state index in [1.807, 2.05) is 6.92 Å². The third kappa shape index (κ3) is 1.15. The largest absolute Gasteiger partial charge is 0.322 e. The van der Waals surface area contributed by atoms with Gasteiger partial charge >= 0.3 is 0 Å². The van der Waals surface area contributed by atoms with Crippen molar-refractivity contribution in [2.75, 3.05) is 0 Å². The summed E-state index contributed by atoms with van der Waals surface area (Å²) in [4.78, 5) is 5.10. The first-order valence-corrected chi connectivity index (χ1v) is 4.89. The van der Waals surface area contributed by atoms with Gasteiger partial charge in [-0.25, -0.2) is 9.37 Å². The fraction of sp³-hybridized carbons (Fsp3) is 0.625.